The summed E-state index contributed by atoms with van der Waals surface area (Å²) >= 11 is 0. The molecular weight excluding hydrogens is 631 g/mol. The van der Waals surface area contributed by atoms with Gasteiger partial charge in [0.05, 0.1) is 0 Å². The summed E-state index contributed by atoms with van der Waals surface area (Å²) in [5, 5.41) is 3.81. The van der Waals surface area contributed by atoms with Crippen molar-refractivity contribution in [2.24, 2.45) is 0 Å². The van der Waals surface area contributed by atoms with E-state index in [1.807, 2.05) is 103 Å². The van der Waals surface area contributed by atoms with Crippen LogP contribution in [0.25, 0.3) is 77.4 Å². The van der Waals surface area contributed by atoms with Crippen molar-refractivity contribution >= 4 is 122 Å². The third kappa shape index (κ3) is 5.62. The van der Waals surface area contributed by atoms with Gasteiger partial charge < -0.3 is 0 Å². The molecule has 15 radical (unpaired) electrons. The molecule has 1 aromatic heterocycles. The van der Waals surface area contributed by atoms with Gasteiger partial charge in [-0.25, -0.2) is 0 Å². The summed E-state index contributed by atoms with van der Waals surface area (Å²) < 4.78 is 2.14. The third-order valence-electron chi connectivity index (χ3n) is 10.00. The van der Waals surface area contributed by atoms with E-state index in [0.29, 0.717) is 37.7 Å². The minimum absolute atomic E-state index is 0.154. The number of imidazole rings is 1. The first-order valence-electron chi connectivity index (χ1n) is 17.1. The Bertz CT molecular complexity index is 2920. The van der Waals surface area contributed by atoms with Gasteiger partial charge in [0.25, 0.3) is 0 Å². The summed E-state index contributed by atoms with van der Waals surface area (Å²) in [5.41, 5.74) is 7.96. The van der Waals surface area contributed by atoms with Gasteiger partial charge in [0.15, 0.2) is 0 Å². The molecule has 8 rings (SSSR count). The van der Waals surface area contributed by atoms with Crippen molar-refractivity contribution in [3.05, 3.63) is 143 Å². The van der Waals surface area contributed by atoms with E-state index in [0.717, 1.165) is 50.0 Å². The van der Waals surface area contributed by atoms with Crippen LogP contribution in [-0.2, 0) is 0 Å². The predicted molar refractivity (Wildman–Crippen MR) is 232 cm³/mol. The molecule has 10 heteroatoms. The zero-order valence-electron chi connectivity index (χ0n) is 29.1. The van der Waals surface area contributed by atoms with Crippen LogP contribution < -0.4 is 27.1 Å². The molecule has 0 N–H and O–H groups in total. The number of aromatic nitrogens is 2. The van der Waals surface area contributed by atoms with E-state index in [1.54, 1.807) is 6.92 Å². The molecule has 229 valence electrons. The molecule has 2 nitrogen and oxygen atoms in total. The van der Waals surface area contributed by atoms with Crippen molar-refractivity contribution in [1.29, 1.82) is 0 Å². The topological polar surface area (TPSA) is 17.8 Å². The molecule has 0 aliphatic rings. The van der Waals surface area contributed by atoms with E-state index >= 15 is 0 Å². The maximum atomic E-state index is 7.30. The molecule has 0 aliphatic heterocycles. The Labute approximate surface area is 319 Å². The first kappa shape index (κ1) is 34.7. The Morgan fingerprint density at radius 3 is 1.87 bits per heavy atom. The average Bonchev–Trinajstić information content (AvgIpc) is 3.58. The zero-order chi connectivity index (χ0) is 37.1. The fraction of sp³-hybridized carbons (Fsp3) is 0.0233. The summed E-state index contributed by atoms with van der Waals surface area (Å²) in [6, 6.07) is 40.1. The summed E-state index contributed by atoms with van der Waals surface area (Å²) in [5.74, 6) is 0.776. The Hall–Kier alpha value is -5.34. The van der Waals surface area contributed by atoms with Gasteiger partial charge in [-0.15, -0.1) is 0 Å². The van der Waals surface area contributed by atoms with Crippen LogP contribution in [0.1, 0.15) is 6.92 Å². The fourth-order valence-corrected chi connectivity index (χ4v) is 7.35. The van der Waals surface area contributed by atoms with Gasteiger partial charge in [0, 0.05) is 0 Å². The van der Waals surface area contributed by atoms with Gasteiger partial charge in [-0.1, -0.05) is 6.07 Å². The van der Waals surface area contributed by atoms with Crippen LogP contribution in [-0.4, -0.2) is 72.0 Å². The Balaban J connectivity index is 1.50. The van der Waals surface area contributed by atoms with E-state index in [4.69, 9.17) is 67.4 Å². The van der Waals surface area contributed by atoms with Gasteiger partial charge >= 0.3 is 315 Å². The van der Waals surface area contributed by atoms with E-state index in [-0.39, 0.29) is 32.8 Å². The molecule has 0 unspecified atom stereocenters. The summed E-state index contributed by atoms with van der Waals surface area (Å²) in [6.07, 6.45) is 0. The summed E-state index contributed by atoms with van der Waals surface area (Å²) in [7, 11) is 54.1. The number of para-hydroxylation sites is 3. The number of hydrogen-bond donors (Lipinski definition) is 0. The summed E-state index contributed by atoms with van der Waals surface area (Å²) in [4.78, 5) is 5.05. The Kier molecular flexibility index (Phi) is 8.89. The standard InChI is InChI=1S/C43H23B8N2/c1-22(44)36(45)40(49)35-31(24-18-20-25(21-19-24)43-52-29-16-7-8-17-30(29)53(43)26-12-3-2-4-13-26)33-34(39(48)42(51)41(50)38(33)47)32(37(35)46)28-15-9-11-23-10-5-6-14-27(23)28/h2-21H,1H3/b36-22-,40-35+. The second-order valence-corrected chi connectivity index (χ2v) is 13.2. The molecule has 0 fully saturated rings. The van der Waals surface area contributed by atoms with Crippen LogP contribution in [0, 0.1) is 5.11 Å². The average molecular weight is 654 g/mol. The number of rotatable bonds is 5. The Morgan fingerprint density at radius 1 is 0.585 bits per heavy atom. The molecule has 0 amide bonds. The maximum absolute atomic E-state index is 7.30. The van der Waals surface area contributed by atoms with Gasteiger partial charge in [-0.3, -0.25) is 0 Å². The molecule has 7 aromatic carbocycles. The summed E-state index contributed by atoms with van der Waals surface area (Å²) in [6.45, 7) is 1.68. The third-order valence-corrected chi connectivity index (χ3v) is 10.00. The number of nitrogens with zero attached hydrogens (tertiary/aromatic N) is 2. The molecule has 53 heavy (non-hydrogen) atoms. The van der Waals surface area contributed by atoms with Crippen molar-refractivity contribution < 1.29 is 0 Å². The number of allylic oxidation sites excluding steroid dienone is 2. The predicted octanol–water partition coefficient (Wildman–Crippen LogP) is 3.77. The van der Waals surface area contributed by atoms with Crippen molar-refractivity contribution in [2.75, 3.05) is 0 Å². The van der Waals surface area contributed by atoms with Gasteiger partial charge in [0.2, 0.25) is 0 Å². The fourth-order valence-electron chi connectivity index (χ4n) is 7.35. The van der Waals surface area contributed by atoms with Crippen LogP contribution in [0.3, 0.4) is 0 Å². The first-order valence-corrected chi connectivity index (χ1v) is 17.1. The number of hydrogen-bond acceptors (Lipinski definition) is 1. The van der Waals surface area contributed by atoms with Crippen LogP contribution in [0.5, 0.6) is 0 Å². The van der Waals surface area contributed by atoms with Crippen molar-refractivity contribution in [3.63, 3.8) is 0 Å². The first-order chi connectivity index (χ1) is 25.6. The van der Waals surface area contributed by atoms with Gasteiger partial charge in [-0.2, -0.15) is 0 Å². The van der Waals surface area contributed by atoms with E-state index in [1.165, 1.54) is 0 Å². The normalized spacial score (nSPS) is 12.7. The van der Waals surface area contributed by atoms with E-state index < -0.39 is 0 Å². The minimum atomic E-state index is 0.154. The van der Waals surface area contributed by atoms with Crippen LogP contribution in [0.15, 0.2) is 132 Å². The molecule has 0 spiro atoms. The number of benzene rings is 7. The molecular formula is C43H23B8N2. The SMILES string of the molecule is [B]/C(C)=C([B])/C([B])=c1/c(-c2ccc(-c3nc4ccccc4n3-c3ccccc3)cc2)c2c([B])c([B])c([B])c([B])c2c(-c2cccc3ccccc23)c1=[B]. The van der Waals surface area contributed by atoms with Gasteiger partial charge in [0.1, 0.15) is 0 Å². The van der Waals surface area contributed by atoms with Crippen molar-refractivity contribution in [2.45, 2.75) is 6.92 Å². The molecule has 0 saturated heterocycles. The molecule has 0 saturated carbocycles. The molecule has 0 atom stereocenters. The van der Waals surface area contributed by atoms with Gasteiger partial charge in [-0.05, 0) is 0 Å². The monoisotopic (exact) mass is 655 g/mol. The van der Waals surface area contributed by atoms with Crippen LogP contribution in [0.4, 0.5) is 0 Å². The van der Waals surface area contributed by atoms with Crippen LogP contribution in [0.2, 0.25) is 0 Å². The molecule has 1 heterocycles. The quantitative estimate of drug-likeness (QED) is 0.259. The zero-order valence-corrected chi connectivity index (χ0v) is 29.1. The van der Waals surface area contributed by atoms with Crippen molar-refractivity contribution in [1.82, 2.24) is 9.55 Å². The van der Waals surface area contributed by atoms with Crippen LogP contribution >= 0.6 is 0 Å². The molecule has 8 aromatic rings. The van der Waals surface area contributed by atoms with E-state index in [9.17, 15) is 0 Å². The van der Waals surface area contributed by atoms with Crippen molar-refractivity contribution in [3.8, 4) is 39.3 Å². The number of fused-ring (bicyclic) bond motifs is 3. The second kappa shape index (κ2) is 13.6. The molecule has 0 bridgehead atoms. The van der Waals surface area contributed by atoms with E-state index in [2.05, 4.69) is 22.8 Å². The Morgan fingerprint density at radius 2 is 1.17 bits per heavy atom. The second-order valence-electron chi connectivity index (χ2n) is 13.2. The molecule has 0 aliphatic carbocycles.